The van der Waals surface area contributed by atoms with Crippen molar-refractivity contribution in [3.8, 4) is 0 Å². The standard InChI is InChI=1S/C26H47P/c1-6-11-16-23-19-20-26(27(21-14-9-4)22-15-10-5)25(18-13-8-3)24(23)17-12-7-2/h19-20H,6-18,21-22H2,1-5H3. The van der Waals surface area contributed by atoms with Crippen LogP contribution in [-0.2, 0) is 19.3 Å². The molecule has 0 aliphatic rings. The van der Waals surface area contributed by atoms with Crippen LogP contribution in [-0.4, -0.2) is 12.3 Å². The second-order valence-corrected chi connectivity index (χ2v) is 10.7. The first-order chi connectivity index (χ1) is 13.2. The van der Waals surface area contributed by atoms with Gasteiger partial charge in [-0.15, -0.1) is 0 Å². The maximum Gasteiger partial charge on any atom is -0.0206 e. The van der Waals surface area contributed by atoms with Crippen LogP contribution in [0.4, 0.5) is 0 Å². The number of aryl methyl sites for hydroxylation is 1. The van der Waals surface area contributed by atoms with Crippen molar-refractivity contribution in [3.05, 3.63) is 28.8 Å². The largest absolute Gasteiger partial charge is 0.0750 e. The first-order valence-electron chi connectivity index (χ1n) is 12.1. The average Bonchev–Trinajstić information content (AvgIpc) is 2.69. The summed E-state index contributed by atoms with van der Waals surface area (Å²) < 4.78 is 0. The fourth-order valence-electron chi connectivity index (χ4n) is 3.97. The van der Waals surface area contributed by atoms with Crippen LogP contribution >= 0.6 is 7.92 Å². The van der Waals surface area contributed by atoms with E-state index in [1.54, 1.807) is 22.0 Å². The predicted molar refractivity (Wildman–Crippen MR) is 128 cm³/mol. The van der Waals surface area contributed by atoms with Gasteiger partial charge in [-0.05, 0) is 85.7 Å². The molecule has 156 valence electrons. The minimum Gasteiger partial charge on any atom is -0.0750 e. The summed E-state index contributed by atoms with van der Waals surface area (Å²) in [6.07, 6.45) is 20.3. The minimum absolute atomic E-state index is 0.0386. The monoisotopic (exact) mass is 390 g/mol. The van der Waals surface area contributed by atoms with Gasteiger partial charge in [0.1, 0.15) is 0 Å². The van der Waals surface area contributed by atoms with E-state index < -0.39 is 0 Å². The first-order valence-corrected chi connectivity index (χ1v) is 13.8. The average molecular weight is 391 g/mol. The minimum atomic E-state index is 0.0386. The van der Waals surface area contributed by atoms with Gasteiger partial charge in [-0.2, -0.15) is 0 Å². The van der Waals surface area contributed by atoms with Crippen molar-refractivity contribution in [3.63, 3.8) is 0 Å². The van der Waals surface area contributed by atoms with Crippen molar-refractivity contribution in [1.82, 2.24) is 0 Å². The Morgan fingerprint density at radius 3 is 1.56 bits per heavy atom. The molecule has 0 aliphatic heterocycles. The van der Waals surface area contributed by atoms with Crippen LogP contribution in [0, 0.1) is 0 Å². The SMILES string of the molecule is CCCCc1ccc(P(CCCC)CCCC)c(CCCC)c1CCCC. The third kappa shape index (κ3) is 8.68. The van der Waals surface area contributed by atoms with Gasteiger partial charge in [0.25, 0.3) is 0 Å². The number of hydrogen-bond acceptors (Lipinski definition) is 0. The molecule has 0 aliphatic carbocycles. The van der Waals surface area contributed by atoms with Gasteiger partial charge in [0.05, 0.1) is 0 Å². The van der Waals surface area contributed by atoms with Crippen LogP contribution in [0.1, 0.15) is 116 Å². The highest BCUT2D eigenvalue weighted by molar-refractivity contribution is 7.65. The Kier molecular flexibility index (Phi) is 14.2. The lowest BCUT2D eigenvalue weighted by Crippen LogP contribution is -2.17. The van der Waals surface area contributed by atoms with Crippen LogP contribution in [0.3, 0.4) is 0 Å². The molecule has 1 aromatic rings. The van der Waals surface area contributed by atoms with Gasteiger partial charge in [-0.25, -0.2) is 0 Å². The maximum atomic E-state index is 2.59. The van der Waals surface area contributed by atoms with E-state index in [1.807, 2.05) is 0 Å². The molecule has 0 amide bonds. The summed E-state index contributed by atoms with van der Waals surface area (Å²) in [7, 11) is 0.0386. The molecule has 0 atom stereocenters. The molecule has 0 nitrogen and oxygen atoms in total. The highest BCUT2D eigenvalue weighted by Gasteiger charge is 2.19. The Morgan fingerprint density at radius 1 is 0.556 bits per heavy atom. The molecule has 0 radical (unpaired) electrons. The molecule has 0 spiro atoms. The zero-order chi connectivity index (χ0) is 19.9. The normalized spacial score (nSPS) is 11.5. The van der Waals surface area contributed by atoms with Gasteiger partial charge < -0.3 is 0 Å². The summed E-state index contributed by atoms with van der Waals surface area (Å²) >= 11 is 0. The molecule has 1 rings (SSSR count). The second-order valence-electron chi connectivity index (χ2n) is 8.21. The Balaban J connectivity index is 3.31. The molecule has 1 heteroatoms. The van der Waals surface area contributed by atoms with Gasteiger partial charge in [-0.1, -0.05) is 86.8 Å². The number of unbranched alkanes of at least 4 members (excludes halogenated alkanes) is 5. The number of benzene rings is 1. The third-order valence-electron chi connectivity index (χ3n) is 5.77. The van der Waals surface area contributed by atoms with Crippen LogP contribution < -0.4 is 5.30 Å². The van der Waals surface area contributed by atoms with Crippen molar-refractivity contribution in [2.45, 2.75) is 118 Å². The summed E-state index contributed by atoms with van der Waals surface area (Å²) in [5.74, 6) is 0. The van der Waals surface area contributed by atoms with E-state index in [2.05, 4.69) is 46.8 Å². The molecule has 0 saturated carbocycles. The lowest BCUT2D eigenvalue weighted by atomic mass is 9.91. The highest BCUT2D eigenvalue weighted by Crippen LogP contribution is 2.40. The molecule has 0 bridgehead atoms. The fraction of sp³-hybridized carbons (Fsp3) is 0.769. The lowest BCUT2D eigenvalue weighted by Gasteiger charge is -2.25. The van der Waals surface area contributed by atoms with Gasteiger partial charge in [-0.3, -0.25) is 0 Å². The summed E-state index contributed by atoms with van der Waals surface area (Å²) in [5, 5.41) is 1.80. The topological polar surface area (TPSA) is 0 Å². The summed E-state index contributed by atoms with van der Waals surface area (Å²) in [6, 6.07) is 5.13. The highest BCUT2D eigenvalue weighted by atomic mass is 31.1. The summed E-state index contributed by atoms with van der Waals surface area (Å²) in [6.45, 7) is 11.7. The van der Waals surface area contributed by atoms with Crippen LogP contribution in [0.15, 0.2) is 12.1 Å². The van der Waals surface area contributed by atoms with Crippen LogP contribution in [0.2, 0.25) is 0 Å². The molecule has 0 unspecified atom stereocenters. The van der Waals surface area contributed by atoms with E-state index >= 15 is 0 Å². The van der Waals surface area contributed by atoms with Crippen molar-refractivity contribution in [1.29, 1.82) is 0 Å². The molecule has 0 heterocycles. The summed E-state index contributed by atoms with van der Waals surface area (Å²) in [5.41, 5.74) is 5.26. The van der Waals surface area contributed by atoms with Gasteiger partial charge in [0.15, 0.2) is 0 Å². The zero-order valence-electron chi connectivity index (χ0n) is 19.2. The molecule has 0 N–H and O–H groups in total. The molecule has 0 saturated heterocycles. The maximum absolute atomic E-state index is 2.59. The molecule has 0 aromatic heterocycles. The summed E-state index contributed by atoms with van der Waals surface area (Å²) in [4.78, 5) is 0. The van der Waals surface area contributed by atoms with E-state index in [1.165, 1.54) is 95.8 Å². The van der Waals surface area contributed by atoms with Crippen molar-refractivity contribution in [2.24, 2.45) is 0 Å². The molecule has 27 heavy (non-hydrogen) atoms. The quantitative estimate of drug-likeness (QED) is 0.248. The fourth-order valence-corrected chi connectivity index (χ4v) is 6.99. The van der Waals surface area contributed by atoms with Crippen LogP contribution in [0.5, 0.6) is 0 Å². The zero-order valence-corrected chi connectivity index (χ0v) is 20.1. The number of rotatable bonds is 16. The van der Waals surface area contributed by atoms with E-state index in [0.717, 1.165) is 0 Å². The first kappa shape index (κ1) is 24.7. The molecule has 0 fully saturated rings. The molecular weight excluding hydrogens is 343 g/mol. The van der Waals surface area contributed by atoms with Gasteiger partial charge in [0, 0.05) is 0 Å². The predicted octanol–water partition coefficient (Wildman–Crippen LogP) is 8.42. The van der Waals surface area contributed by atoms with Gasteiger partial charge >= 0.3 is 0 Å². The van der Waals surface area contributed by atoms with Gasteiger partial charge in [0.2, 0.25) is 0 Å². The molecular formula is C26H47P. The third-order valence-corrected chi connectivity index (χ3v) is 8.58. The van der Waals surface area contributed by atoms with Crippen LogP contribution in [0.25, 0.3) is 0 Å². The van der Waals surface area contributed by atoms with Crippen molar-refractivity contribution in [2.75, 3.05) is 12.3 Å². The van der Waals surface area contributed by atoms with E-state index in [0.29, 0.717) is 0 Å². The van der Waals surface area contributed by atoms with E-state index in [9.17, 15) is 0 Å². The second kappa shape index (κ2) is 15.6. The van der Waals surface area contributed by atoms with Crippen molar-refractivity contribution < 1.29 is 0 Å². The number of hydrogen-bond donors (Lipinski definition) is 0. The van der Waals surface area contributed by atoms with E-state index in [-0.39, 0.29) is 7.92 Å². The molecule has 1 aromatic carbocycles. The Labute approximate surface area is 172 Å². The smallest absolute Gasteiger partial charge is 0.0206 e. The Morgan fingerprint density at radius 2 is 1.04 bits per heavy atom. The lowest BCUT2D eigenvalue weighted by molar-refractivity contribution is 0.737. The Hall–Kier alpha value is -0.350. The van der Waals surface area contributed by atoms with Crippen molar-refractivity contribution >= 4 is 13.2 Å². The Bertz CT molecular complexity index is 483. The van der Waals surface area contributed by atoms with E-state index in [4.69, 9.17) is 0 Å².